The van der Waals surface area contributed by atoms with Crippen molar-refractivity contribution < 1.29 is 4.79 Å². The minimum Gasteiger partial charge on any atom is -0.383 e. The lowest BCUT2D eigenvalue weighted by molar-refractivity contribution is 0.1000. The fourth-order valence-electron chi connectivity index (χ4n) is 2.24. The lowest BCUT2D eigenvalue weighted by atomic mass is 10.1. The van der Waals surface area contributed by atoms with E-state index in [2.05, 4.69) is 15.0 Å². The minimum atomic E-state index is -0.626. The number of primary amides is 1. The fourth-order valence-corrected chi connectivity index (χ4v) is 2.24. The largest absolute Gasteiger partial charge is 0.383 e. The summed E-state index contributed by atoms with van der Waals surface area (Å²) in [6.45, 7) is 1.68. The van der Waals surface area contributed by atoms with Crippen LogP contribution in [0, 0.1) is 6.92 Å². The van der Waals surface area contributed by atoms with Gasteiger partial charge in [0.05, 0.1) is 11.2 Å². The van der Waals surface area contributed by atoms with Crippen LogP contribution in [0.4, 0.5) is 5.82 Å². The Morgan fingerprint density at radius 3 is 2.71 bits per heavy atom. The number of carbonyl (C=O) groups excluding carboxylic acids is 1. The molecule has 6 heteroatoms. The predicted octanol–water partition coefficient (Wildman–Crippen LogP) is 1.68. The third kappa shape index (κ3) is 2.27. The summed E-state index contributed by atoms with van der Waals surface area (Å²) in [5.74, 6) is -0.0729. The standard InChI is InChI=1S/C15H13N5O/c1-8-12(14(17)21)13(16)20-15(19-8)10-4-5-11-9(7-10)3-2-6-18-11/h2-7H,1H3,(H2,17,21)(H2,16,19,20). The van der Waals surface area contributed by atoms with E-state index in [1.54, 1.807) is 13.1 Å². The van der Waals surface area contributed by atoms with Crippen LogP contribution in [-0.4, -0.2) is 20.9 Å². The first-order valence-corrected chi connectivity index (χ1v) is 6.35. The number of carbonyl (C=O) groups is 1. The number of hydrogen-bond donors (Lipinski definition) is 2. The molecule has 1 aromatic carbocycles. The number of anilines is 1. The topological polar surface area (TPSA) is 108 Å². The highest BCUT2D eigenvalue weighted by atomic mass is 16.1. The van der Waals surface area contributed by atoms with Crippen molar-refractivity contribution in [3.8, 4) is 11.4 Å². The summed E-state index contributed by atoms with van der Waals surface area (Å²) < 4.78 is 0. The van der Waals surface area contributed by atoms with Crippen LogP contribution in [-0.2, 0) is 0 Å². The Labute approximate surface area is 120 Å². The number of fused-ring (bicyclic) bond motifs is 1. The van der Waals surface area contributed by atoms with Crippen LogP contribution in [0.15, 0.2) is 36.5 Å². The van der Waals surface area contributed by atoms with Gasteiger partial charge < -0.3 is 11.5 Å². The van der Waals surface area contributed by atoms with Gasteiger partial charge in [-0.2, -0.15) is 0 Å². The van der Waals surface area contributed by atoms with Crippen molar-refractivity contribution in [1.29, 1.82) is 0 Å². The number of nitrogen functional groups attached to an aromatic ring is 1. The van der Waals surface area contributed by atoms with Crippen molar-refractivity contribution >= 4 is 22.6 Å². The molecule has 2 aromatic heterocycles. The van der Waals surface area contributed by atoms with Crippen LogP contribution < -0.4 is 11.5 Å². The zero-order valence-electron chi connectivity index (χ0n) is 11.4. The number of hydrogen-bond acceptors (Lipinski definition) is 5. The molecule has 0 aliphatic heterocycles. The van der Waals surface area contributed by atoms with Crippen LogP contribution >= 0.6 is 0 Å². The van der Waals surface area contributed by atoms with Crippen molar-refractivity contribution in [3.63, 3.8) is 0 Å². The van der Waals surface area contributed by atoms with E-state index in [9.17, 15) is 4.79 Å². The summed E-state index contributed by atoms with van der Waals surface area (Å²) in [6, 6.07) is 9.51. The van der Waals surface area contributed by atoms with Gasteiger partial charge in [0.2, 0.25) is 0 Å². The Balaban J connectivity index is 2.16. The summed E-state index contributed by atoms with van der Waals surface area (Å²) in [7, 11) is 0. The average molecular weight is 279 g/mol. The lowest BCUT2D eigenvalue weighted by Gasteiger charge is -2.08. The molecule has 2 heterocycles. The molecule has 0 aliphatic rings. The smallest absolute Gasteiger partial charge is 0.254 e. The maximum atomic E-state index is 11.3. The molecule has 3 rings (SSSR count). The van der Waals surface area contributed by atoms with E-state index >= 15 is 0 Å². The lowest BCUT2D eigenvalue weighted by Crippen LogP contribution is -2.17. The fraction of sp³-hybridized carbons (Fsp3) is 0.0667. The van der Waals surface area contributed by atoms with Crippen molar-refractivity contribution in [3.05, 3.63) is 47.8 Å². The Bertz CT molecular complexity index is 837. The number of nitrogens with two attached hydrogens (primary N) is 2. The van der Waals surface area contributed by atoms with Crippen LogP contribution in [0.2, 0.25) is 0 Å². The molecule has 0 unspecified atom stereocenters. The average Bonchev–Trinajstić information content (AvgIpc) is 2.45. The molecular weight excluding hydrogens is 266 g/mol. The van der Waals surface area contributed by atoms with Gasteiger partial charge in [-0.3, -0.25) is 9.78 Å². The summed E-state index contributed by atoms with van der Waals surface area (Å²) in [6.07, 6.45) is 1.74. The maximum Gasteiger partial charge on any atom is 0.254 e. The van der Waals surface area contributed by atoms with Gasteiger partial charge in [0, 0.05) is 17.1 Å². The highest BCUT2D eigenvalue weighted by Crippen LogP contribution is 2.23. The molecule has 21 heavy (non-hydrogen) atoms. The van der Waals surface area contributed by atoms with Crippen molar-refractivity contribution in [1.82, 2.24) is 15.0 Å². The first-order chi connectivity index (χ1) is 10.1. The van der Waals surface area contributed by atoms with Gasteiger partial charge in [-0.15, -0.1) is 0 Å². The second-order valence-electron chi connectivity index (χ2n) is 4.67. The molecule has 0 saturated carbocycles. The molecule has 0 atom stereocenters. The molecule has 0 saturated heterocycles. The highest BCUT2D eigenvalue weighted by molar-refractivity contribution is 5.98. The summed E-state index contributed by atoms with van der Waals surface area (Å²) in [4.78, 5) is 24.1. The number of aryl methyl sites for hydroxylation is 1. The molecule has 3 aromatic rings. The highest BCUT2D eigenvalue weighted by Gasteiger charge is 2.15. The summed E-state index contributed by atoms with van der Waals surface area (Å²) in [5.41, 5.74) is 13.4. The monoisotopic (exact) mass is 279 g/mol. The molecule has 0 radical (unpaired) electrons. The second kappa shape index (κ2) is 4.82. The zero-order valence-corrected chi connectivity index (χ0v) is 11.4. The Morgan fingerprint density at radius 1 is 1.19 bits per heavy atom. The first kappa shape index (κ1) is 13.0. The number of amides is 1. The van der Waals surface area contributed by atoms with Gasteiger partial charge >= 0.3 is 0 Å². The third-order valence-electron chi connectivity index (χ3n) is 3.23. The van der Waals surface area contributed by atoms with E-state index in [-0.39, 0.29) is 11.4 Å². The SMILES string of the molecule is Cc1nc(-c2ccc3ncccc3c2)nc(N)c1C(N)=O. The van der Waals surface area contributed by atoms with Crippen LogP contribution in [0.1, 0.15) is 16.1 Å². The van der Waals surface area contributed by atoms with Gasteiger partial charge in [0.25, 0.3) is 5.91 Å². The number of benzene rings is 1. The maximum absolute atomic E-state index is 11.3. The van der Waals surface area contributed by atoms with Gasteiger partial charge in [-0.1, -0.05) is 6.07 Å². The quantitative estimate of drug-likeness (QED) is 0.742. The molecular formula is C15H13N5O. The molecule has 6 nitrogen and oxygen atoms in total. The van der Waals surface area contributed by atoms with Crippen molar-refractivity contribution in [2.24, 2.45) is 5.73 Å². The van der Waals surface area contributed by atoms with Crippen LogP contribution in [0.25, 0.3) is 22.3 Å². The molecule has 0 bridgehead atoms. The van der Waals surface area contributed by atoms with E-state index in [4.69, 9.17) is 11.5 Å². The number of rotatable bonds is 2. The minimum absolute atomic E-state index is 0.0938. The Kier molecular flexibility index (Phi) is 2.98. The first-order valence-electron chi connectivity index (χ1n) is 6.35. The Morgan fingerprint density at radius 2 is 2.00 bits per heavy atom. The van der Waals surface area contributed by atoms with Gasteiger partial charge in [-0.05, 0) is 31.2 Å². The van der Waals surface area contributed by atoms with Gasteiger partial charge in [0.1, 0.15) is 11.4 Å². The van der Waals surface area contributed by atoms with E-state index in [1.165, 1.54) is 0 Å². The molecule has 1 amide bonds. The summed E-state index contributed by atoms with van der Waals surface area (Å²) >= 11 is 0. The molecule has 4 N–H and O–H groups in total. The van der Waals surface area contributed by atoms with Crippen molar-refractivity contribution in [2.75, 3.05) is 5.73 Å². The zero-order chi connectivity index (χ0) is 15.0. The van der Waals surface area contributed by atoms with E-state index in [1.807, 2.05) is 30.3 Å². The second-order valence-corrected chi connectivity index (χ2v) is 4.67. The van der Waals surface area contributed by atoms with Gasteiger partial charge in [-0.25, -0.2) is 9.97 Å². The molecule has 0 spiro atoms. The van der Waals surface area contributed by atoms with E-state index in [0.29, 0.717) is 11.5 Å². The Hall–Kier alpha value is -3.02. The number of pyridine rings is 1. The number of aromatic nitrogens is 3. The molecule has 0 fully saturated rings. The van der Waals surface area contributed by atoms with Crippen LogP contribution in [0.5, 0.6) is 0 Å². The molecule has 0 aliphatic carbocycles. The third-order valence-corrected chi connectivity index (χ3v) is 3.23. The van der Waals surface area contributed by atoms with Crippen LogP contribution in [0.3, 0.4) is 0 Å². The normalized spacial score (nSPS) is 10.7. The predicted molar refractivity (Wildman–Crippen MR) is 80.4 cm³/mol. The molecule has 104 valence electrons. The number of nitrogens with zero attached hydrogens (tertiary/aromatic N) is 3. The van der Waals surface area contributed by atoms with Gasteiger partial charge in [0.15, 0.2) is 5.82 Å². The van der Waals surface area contributed by atoms with E-state index in [0.717, 1.165) is 16.5 Å². The van der Waals surface area contributed by atoms with Crippen molar-refractivity contribution in [2.45, 2.75) is 6.92 Å². The summed E-state index contributed by atoms with van der Waals surface area (Å²) in [5, 5.41) is 0.980. The van der Waals surface area contributed by atoms with E-state index < -0.39 is 5.91 Å².